The SMILES string of the molecule is CCOc1cc(C(Nc2ccc(C(=N)N)cc2)C(=O)NNC(=O)c2ccc[n+]([O-])c2)ccc1OC(C)C.O=C(O)C(F)(F)F. The van der Waals surface area contributed by atoms with E-state index in [4.69, 9.17) is 30.5 Å². The fourth-order valence-electron chi connectivity index (χ4n) is 3.39. The smallest absolute Gasteiger partial charge is 0.490 e. The van der Waals surface area contributed by atoms with Crippen LogP contribution in [0, 0.1) is 10.6 Å². The van der Waals surface area contributed by atoms with E-state index in [1.54, 1.807) is 42.5 Å². The Morgan fingerprint density at radius 2 is 1.68 bits per heavy atom. The zero-order chi connectivity index (χ0) is 33.0. The molecule has 0 spiro atoms. The zero-order valence-electron chi connectivity index (χ0n) is 23.8. The van der Waals surface area contributed by atoms with Gasteiger partial charge in [0.25, 0.3) is 11.8 Å². The maximum atomic E-state index is 13.3. The summed E-state index contributed by atoms with van der Waals surface area (Å²) < 4.78 is 43.8. The third-order valence-corrected chi connectivity index (χ3v) is 5.31. The van der Waals surface area contributed by atoms with Crippen molar-refractivity contribution in [3.05, 3.63) is 88.9 Å². The van der Waals surface area contributed by atoms with Gasteiger partial charge >= 0.3 is 12.1 Å². The average Bonchev–Trinajstić information content (AvgIpc) is 2.95. The summed E-state index contributed by atoms with van der Waals surface area (Å²) in [6.07, 6.45) is -2.83. The molecule has 236 valence electrons. The Hall–Kier alpha value is -5.54. The second-order valence-corrected chi connectivity index (χ2v) is 9.07. The standard InChI is InChI=1S/C26H30N6O5.C2HF3O2/c1-4-36-22-14-18(9-12-21(22)37-16(2)3)23(29-20-10-7-17(8-11-20)24(27)28)26(34)31-30-25(33)19-6-5-13-32(35)15-19;3-2(4,5)1(6)7/h5-16,23,29H,4H2,1-3H3,(H3,27,28)(H,30,33)(H,31,34);(H,6,7). The Morgan fingerprint density at radius 1 is 1.05 bits per heavy atom. The lowest BCUT2D eigenvalue weighted by Gasteiger charge is -2.22. The minimum atomic E-state index is -5.08. The lowest BCUT2D eigenvalue weighted by atomic mass is 10.0. The monoisotopic (exact) mass is 620 g/mol. The molecule has 0 saturated heterocycles. The number of nitrogen functional groups attached to an aromatic ring is 1. The number of hydrogen-bond donors (Lipinski definition) is 6. The minimum Gasteiger partial charge on any atom is -0.619 e. The lowest BCUT2D eigenvalue weighted by molar-refractivity contribution is -0.605. The predicted octanol–water partition coefficient (Wildman–Crippen LogP) is 3.04. The first-order valence-electron chi connectivity index (χ1n) is 12.9. The third kappa shape index (κ3) is 10.7. The quantitative estimate of drug-likeness (QED) is 0.0647. The lowest BCUT2D eigenvalue weighted by Crippen LogP contribution is -2.46. The largest absolute Gasteiger partial charge is 0.619 e. The molecule has 0 aliphatic heterocycles. The second-order valence-electron chi connectivity index (χ2n) is 9.07. The van der Waals surface area contributed by atoms with Crippen LogP contribution in [0.1, 0.15) is 48.3 Å². The van der Waals surface area contributed by atoms with Gasteiger partial charge < -0.3 is 30.8 Å². The maximum absolute atomic E-state index is 13.3. The van der Waals surface area contributed by atoms with E-state index < -0.39 is 30.0 Å². The normalized spacial score (nSPS) is 11.3. The number of nitrogens with one attached hydrogen (secondary N) is 4. The first kappa shape index (κ1) is 34.7. The summed E-state index contributed by atoms with van der Waals surface area (Å²) in [6, 6.07) is 13.7. The molecule has 1 unspecified atom stereocenters. The summed E-state index contributed by atoms with van der Waals surface area (Å²) in [5, 5.41) is 29.3. The Bertz CT molecular complexity index is 1470. The number of rotatable bonds is 10. The minimum absolute atomic E-state index is 0.0778. The number of amidine groups is 1. The molecule has 1 heterocycles. The highest BCUT2D eigenvalue weighted by Crippen LogP contribution is 2.33. The number of hydrazine groups is 1. The molecule has 0 aliphatic rings. The number of benzene rings is 2. The van der Waals surface area contributed by atoms with E-state index in [0.29, 0.717) is 39.7 Å². The summed E-state index contributed by atoms with van der Waals surface area (Å²) >= 11 is 0. The zero-order valence-corrected chi connectivity index (χ0v) is 23.8. The number of halogens is 3. The number of amides is 2. The molecule has 0 bridgehead atoms. The first-order valence-corrected chi connectivity index (χ1v) is 12.9. The van der Waals surface area contributed by atoms with E-state index in [0.717, 1.165) is 6.20 Å². The highest BCUT2D eigenvalue weighted by atomic mass is 19.4. The Labute approximate surface area is 249 Å². The van der Waals surface area contributed by atoms with Gasteiger partial charge in [0.2, 0.25) is 0 Å². The van der Waals surface area contributed by atoms with E-state index in [9.17, 15) is 28.0 Å². The van der Waals surface area contributed by atoms with E-state index in [1.165, 1.54) is 18.3 Å². The molecule has 16 heteroatoms. The number of anilines is 1. The van der Waals surface area contributed by atoms with Crippen molar-refractivity contribution in [2.45, 2.75) is 39.1 Å². The van der Waals surface area contributed by atoms with Crippen LogP contribution < -0.4 is 36.1 Å². The Kier molecular flexibility index (Phi) is 12.3. The summed E-state index contributed by atoms with van der Waals surface area (Å²) in [5.41, 5.74) is 12.0. The van der Waals surface area contributed by atoms with Crippen molar-refractivity contribution in [1.82, 2.24) is 10.9 Å². The first-order chi connectivity index (χ1) is 20.6. The molecule has 1 atom stereocenters. The molecule has 3 aromatic rings. The van der Waals surface area contributed by atoms with Crippen molar-refractivity contribution < 1.29 is 46.9 Å². The molecular weight excluding hydrogens is 589 g/mol. The van der Waals surface area contributed by atoms with E-state index in [1.807, 2.05) is 20.8 Å². The number of carboxylic acids is 1. The Balaban J connectivity index is 0.000000860. The molecule has 3 rings (SSSR count). The maximum Gasteiger partial charge on any atom is 0.490 e. The predicted molar refractivity (Wildman–Crippen MR) is 152 cm³/mol. The number of nitrogens with two attached hydrogens (primary N) is 1. The van der Waals surface area contributed by atoms with Crippen molar-refractivity contribution in [3.63, 3.8) is 0 Å². The van der Waals surface area contributed by atoms with Crippen LogP contribution in [-0.4, -0.2) is 47.6 Å². The average molecular weight is 621 g/mol. The fourth-order valence-corrected chi connectivity index (χ4v) is 3.39. The van der Waals surface area contributed by atoms with E-state index in [2.05, 4.69) is 16.2 Å². The van der Waals surface area contributed by atoms with Crippen molar-refractivity contribution in [3.8, 4) is 11.5 Å². The second kappa shape index (κ2) is 15.6. The molecule has 44 heavy (non-hydrogen) atoms. The van der Waals surface area contributed by atoms with Gasteiger partial charge in [0, 0.05) is 17.3 Å². The summed E-state index contributed by atoms with van der Waals surface area (Å²) in [6.45, 7) is 6.03. The highest BCUT2D eigenvalue weighted by Gasteiger charge is 2.38. The van der Waals surface area contributed by atoms with Crippen LogP contribution in [0.4, 0.5) is 18.9 Å². The van der Waals surface area contributed by atoms with Gasteiger partial charge in [-0.3, -0.25) is 25.8 Å². The van der Waals surface area contributed by atoms with Crippen LogP contribution in [0.5, 0.6) is 11.5 Å². The molecule has 2 aromatic carbocycles. The van der Waals surface area contributed by atoms with Gasteiger partial charge in [-0.1, -0.05) is 6.07 Å². The molecule has 0 fully saturated rings. The number of aliphatic carboxylic acids is 1. The fraction of sp³-hybridized carbons (Fsp3) is 0.250. The number of aromatic nitrogens is 1. The molecule has 0 radical (unpaired) electrons. The summed E-state index contributed by atoms with van der Waals surface area (Å²) in [5.74, 6) is -3.06. The van der Waals surface area contributed by atoms with Gasteiger partial charge in [-0.25, -0.2) is 4.79 Å². The van der Waals surface area contributed by atoms with Crippen LogP contribution in [0.2, 0.25) is 0 Å². The van der Waals surface area contributed by atoms with Gasteiger partial charge in [0.05, 0.1) is 12.7 Å². The van der Waals surface area contributed by atoms with Crippen molar-refractivity contribution in [2.24, 2.45) is 5.73 Å². The molecule has 1 aromatic heterocycles. The van der Waals surface area contributed by atoms with Gasteiger partial charge in [-0.05, 0) is 68.8 Å². The Morgan fingerprint density at radius 3 is 2.20 bits per heavy atom. The highest BCUT2D eigenvalue weighted by molar-refractivity contribution is 5.96. The van der Waals surface area contributed by atoms with Crippen LogP contribution in [0.3, 0.4) is 0 Å². The van der Waals surface area contributed by atoms with Gasteiger partial charge in [0.1, 0.15) is 17.4 Å². The number of hydrogen-bond acceptors (Lipinski definition) is 8. The number of carbonyl (C=O) groups is 3. The number of carboxylic acid groups (broad SMARTS) is 1. The molecule has 13 nitrogen and oxygen atoms in total. The van der Waals surface area contributed by atoms with Crippen molar-refractivity contribution >= 4 is 29.3 Å². The number of alkyl halides is 3. The molecule has 0 saturated carbocycles. The molecule has 2 amide bonds. The molecule has 0 aliphatic carbocycles. The van der Waals surface area contributed by atoms with Crippen LogP contribution in [0.15, 0.2) is 67.0 Å². The summed E-state index contributed by atoms with van der Waals surface area (Å²) in [4.78, 5) is 34.6. The van der Waals surface area contributed by atoms with Crippen LogP contribution in [-0.2, 0) is 9.59 Å². The topological polar surface area (TPSA) is 203 Å². The van der Waals surface area contributed by atoms with Gasteiger partial charge in [-0.15, -0.1) is 0 Å². The van der Waals surface area contributed by atoms with E-state index in [-0.39, 0.29) is 17.5 Å². The van der Waals surface area contributed by atoms with E-state index >= 15 is 0 Å². The number of ether oxygens (including phenoxy) is 2. The van der Waals surface area contributed by atoms with Crippen molar-refractivity contribution in [1.29, 1.82) is 5.41 Å². The number of pyridine rings is 1. The third-order valence-electron chi connectivity index (χ3n) is 5.31. The number of nitrogens with zero attached hydrogens (tertiary/aromatic N) is 1. The van der Waals surface area contributed by atoms with Crippen molar-refractivity contribution in [2.75, 3.05) is 11.9 Å². The molecular formula is C28H31F3N6O7. The van der Waals surface area contributed by atoms with Crippen LogP contribution >= 0.6 is 0 Å². The molecule has 7 N–H and O–H groups in total. The van der Waals surface area contributed by atoms with Gasteiger partial charge in [-0.2, -0.15) is 17.9 Å². The van der Waals surface area contributed by atoms with Gasteiger partial charge in [0.15, 0.2) is 23.9 Å². The van der Waals surface area contributed by atoms with Crippen LogP contribution in [0.25, 0.3) is 0 Å². The summed E-state index contributed by atoms with van der Waals surface area (Å²) in [7, 11) is 0. The number of carbonyl (C=O) groups excluding carboxylic acids is 2.